The first-order valence-corrected chi connectivity index (χ1v) is 9.31. The highest BCUT2D eigenvalue weighted by Crippen LogP contribution is 2.30. The lowest BCUT2D eigenvalue weighted by Gasteiger charge is -2.28. The van der Waals surface area contributed by atoms with Crippen LogP contribution in [0.3, 0.4) is 0 Å². The van der Waals surface area contributed by atoms with Gasteiger partial charge in [-0.05, 0) is 42.8 Å². The molecule has 0 amide bonds. The molecule has 1 aromatic carbocycles. The second-order valence-corrected chi connectivity index (χ2v) is 7.47. The zero-order chi connectivity index (χ0) is 18.3. The normalized spacial score (nSPS) is 16.0. The van der Waals surface area contributed by atoms with Gasteiger partial charge >= 0.3 is 0 Å². The average molecular weight is 351 g/mol. The third-order valence-electron chi connectivity index (χ3n) is 5.60. The molecule has 1 aliphatic rings. The number of aryl methyl sites for hydroxylation is 2. The fourth-order valence-corrected chi connectivity index (χ4v) is 3.87. The third kappa shape index (κ3) is 2.97. The molecule has 0 aliphatic heterocycles. The van der Waals surface area contributed by atoms with Gasteiger partial charge in [0.25, 0.3) is 5.56 Å². The molecule has 5 heteroatoms. The summed E-state index contributed by atoms with van der Waals surface area (Å²) in [6.07, 6.45) is 6.71. The maximum absolute atomic E-state index is 12.8. The Bertz CT molecular complexity index is 1020. The fourth-order valence-electron chi connectivity index (χ4n) is 3.87. The van der Waals surface area contributed by atoms with Crippen LogP contribution in [0, 0.1) is 12.8 Å². The van der Waals surface area contributed by atoms with Crippen LogP contribution < -0.4 is 16.0 Å². The SMILES string of the molecule is Cc1nccc2c1c(=O)n(C)c1cc(OC[C@@H](N)CC3CCC3)ccc21. The van der Waals surface area contributed by atoms with Gasteiger partial charge in [-0.25, -0.2) is 0 Å². The highest BCUT2D eigenvalue weighted by molar-refractivity contribution is 6.06. The van der Waals surface area contributed by atoms with Crippen LogP contribution >= 0.6 is 0 Å². The van der Waals surface area contributed by atoms with Crippen LogP contribution in [0.4, 0.5) is 0 Å². The molecule has 2 heterocycles. The molecular formula is C21H25N3O2. The Hall–Kier alpha value is -2.40. The van der Waals surface area contributed by atoms with Gasteiger partial charge in [-0.3, -0.25) is 9.78 Å². The highest BCUT2D eigenvalue weighted by atomic mass is 16.5. The van der Waals surface area contributed by atoms with Crippen molar-refractivity contribution < 1.29 is 4.74 Å². The van der Waals surface area contributed by atoms with E-state index in [1.807, 2.05) is 31.2 Å². The van der Waals surface area contributed by atoms with Gasteiger partial charge in [0.2, 0.25) is 0 Å². The van der Waals surface area contributed by atoms with E-state index in [0.29, 0.717) is 12.0 Å². The number of ether oxygens (including phenoxy) is 1. The molecule has 0 bridgehead atoms. The van der Waals surface area contributed by atoms with Gasteiger partial charge in [-0.15, -0.1) is 0 Å². The summed E-state index contributed by atoms with van der Waals surface area (Å²) >= 11 is 0. The van der Waals surface area contributed by atoms with Crippen molar-refractivity contribution in [2.75, 3.05) is 6.61 Å². The zero-order valence-corrected chi connectivity index (χ0v) is 15.4. The number of hydrogen-bond donors (Lipinski definition) is 1. The van der Waals surface area contributed by atoms with Crippen molar-refractivity contribution in [2.45, 2.75) is 38.6 Å². The summed E-state index contributed by atoms with van der Waals surface area (Å²) in [4.78, 5) is 17.0. The van der Waals surface area contributed by atoms with Crippen LogP contribution in [-0.2, 0) is 7.05 Å². The van der Waals surface area contributed by atoms with E-state index in [2.05, 4.69) is 4.98 Å². The van der Waals surface area contributed by atoms with Crippen LogP contribution in [0.25, 0.3) is 21.7 Å². The van der Waals surface area contributed by atoms with Gasteiger partial charge in [0.15, 0.2) is 0 Å². The average Bonchev–Trinajstić information content (AvgIpc) is 2.60. The molecule has 1 aliphatic carbocycles. The Morgan fingerprint density at radius 3 is 2.85 bits per heavy atom. The molecular weight excluding hydrogens is 326 g/mol. The molecule has 2 aromatic heterocycles. The van der Waals surface area contributed by atoms with Crippen molar-refractivity contribution in [3.8, 4) is 5.75 Å². The van der Waals surface area contributed by atoms with Crippen molar-refractivity contribution >= 4 is 21.7 Å². The minimum atomic E-state index is -0.0306. The Balaban J connectivity index is 1.65. The van der Waals surface area contributed by atoms with Crippen molar-refractivity contribution in [3.05, 3.63) is 46.5 Å². The number of benzene rings is 1. The largest absolute Gasteiger partial charge is 0.492 e. The number of hydrogen-bond acceptors (Lipinski definition) is 4. The predicted molar refractivity (Wildman–Crippen MR) is 105 cm³/mol. The molecule has 1 atom stereocenters. The minimum absolute atomic E-state index is 0.0306. The van der Waals surface area contributed by atoms with E-state index in [-0.39, 0.29) is 11.6 Å². The lowest BCUT2D eigenvalue weighted by molar-refractivity contribution is 0.224. The van der Waals surface area contributed by atoms with Crippen molar-refractivity contribution in [1.82, 2.24) is 9.55 Å². The summed E-state index contributed by atoms with van der Waals surface area (Å²) in [7, 11) is 1.79. The molecule has 2 N–H and O–H groups in total. The topological polar surface area (TPSA) is 70.1 Å². The molecule has 136 valence electrons. The monoisotopic (exact) mass is 351 g/mol. The molecule has 26 heavy (non-hydrogen) atoms. The second-order valence-electron chi connectivity index (χ2n) is 7.47. The molecule has 4 rings (SSSR count). The minimum Gasteiger partial charge on any atom is -0.492 e. The van der Waals surface area contributed by atoms with Gasteiger partial charge in [-0.2, -0.15) is 0 Å². The maximum atomic E-state index is 12.8. The summed E-state index contributed by atoms with van der Waals surface area (Å²) in [5.41, 5.74) is 7.79. The molecule has 5 nitrogen and oxygen atoms in total. The van der Waals surface area contributed by atoms with Crippen molar-refractivity contribution in [1.29, 1.82) is 0 Å². The lowest BCUT2D eigenvalue weighted by Crippen LogP contribution is -2.32. The van der Waals surface area contributed by atoms with E-state index in [1.165, 1.54) is 19.3 Å². The summed E-state index contributed by atoms with van der Waals surface area (Å²) in [6.45, 7) is 2.38. The van der Waals surface area contributed by atoms with Crippen LogP contribution in [0.2, 0.25) is 0 Å². The number of nitrogens with two attached hydrogens (primary N) is 1. The molecule has 0 saturated heterocycles. The Kier molecular flexibility index (Phi) is 4.41. The van der Waals surface area contributed by atoms with Gasteiger partial charge in [-0.1, -0.05) is 19.3 Å². The maximum Gasteiger partial charge on any atom is 0.260 e. The summed E-state index contributed by atoms with van der Waals surface area (Å²) < 4.78 is 7.60. The van der Waals surface area contributed by atoms with Crippen LogP contribution in [0.1, 0.15) is 31.4 Å². The smallest absolute Gasteiger partial charge is 0.260 e. The van der Waals surface area contributed by atoms with Gasteiger partial charge in [0.05, 0.1) is 16.6 Å². The number of rotatable bonds is 5. The number of aromatic nitrogens is 2. The lowest BCUT2D eigenvalue weighted by atomic mass is 9.81. The quantitative estimate of drug-likeness (QED) is 0.716. The molecule has 0 radical (unpaired) electrons. The molecule has 1 fully saturated rings. The first-order chi connectivity index (χ1) is 12.5. The van der Waals surface area contributed by atoms with E-state index < -0.39 is 0 Å². The predicted octanol–water partition coefficient (Wildman–Crippen LogP) is 3.29. The van der Waals surface area contributed by atoms with Crippen molar-refractivity contribution in [2.24, 2.45) is 18.7 Å². The van der Waals surface area contributed by atoms with E-state index in [4.69, 9.17) is 10.5 Å². The standard InChI is InChI=1S/C21H25N3O2/c1-13-20-18(8-9-23-13)17-7-6-16(11-19(17)24(2)21(20)25)26-12-15(22)10-14-4-3-5-14/h6-9,11,14-15H,3-5,10,12,22H2,1-2H3/t15-/m0/s1. The number of pyridine rings is 2. The van der Waals surface area contributed by atoms with Crippen molar-refractivity contribution in [3.63, 3.8) is 0 Å². The van der Waals surface area contributed by atoms with Gasteiger partial charge in [0, 0.05) is 30.7 Å². The highest BCUT2D eigenvalue weighted by Gasteiger charge is 2.20. The Morgan fingerprint density at radius 2 is 2.12 bits per heavy atom. The zero-order valence-electron chi connectivity index (χ0n) is 15.4. The molecule has 0 spiro atoms. The van der Waals surface area contributed by atoms with Gasteiger partial charge < -0.3 is 15.0 Å². The molecule has 3 aromatic rings. The first-order valence-electron chi connectivity index (χ1n) is 9.31. The molecule has 1 saturated carbocycles. The number of fused-ring (bicyclic) bond motifs is 3. The second kappa shape index (κ2) is 6.72. The van der Waals surface area contributed by atoms with E-state index >= 15 is 0 Å². The van der Waals surface area contributed by atoms with Gasteiger partial charge in [0.1, 0.15) is 12.4 Å². The number of nitrogens with zero attached hydrogens (tertiary/aromatic N) is 2. The Labute approximate surface area is 152 Å². The van der Waals surface area contributed by atoms with Crippen LogP contribution in [0.15, 0.2) is 35.3 Å². The summed E-state index contributed by atoms with van der Waals surface area (Å²) in [6, 6.07) is 7.87. The molecule has 0 unspecified atom stereocenters. The van der Waals surface area contributed by atoms with Crippen LogP contribution in [0.5, 0.6) is 5.75 Å². The van der Waals surface area contributed by atoms with E-state index in [9.17, 15) is 4.79 Å². The fraction of sp³-hybridized carbons (Fsp3) is 0.429. The Morgan fingerprint density at radius 1 is 1.31 bits per heavy atom. The van der Waals surface area contributed by atoms with E-state index in [1.54, 1.807) is 17.8 Å². The summed E-state index contributed by atoms with van der Waals surface area (Å²) in [5.74, 6) is 1.52. The first kappa shape index (κ1) is 17.0. The van der Waals surface area contributed by atoms with Crippen LogP contribution in [-0.4, -0.2) is 22.2 Å². The summed E-state index contributed by atoms with van der Waals surface area (Å²) in [5, 5.41) is 2.64. The third-order valence-corrected chi connectivity index (χ3v) is 5.60. The van der Waals surface area contributed by atoms with E-state index in [0.717, 1.165) is 40.1 Å².